The van der Waals surface area contributed by atoms with Gasteiger partial charge in [-0.15, -0.1) is 0 Å². The minimum Gasteiger partial charge on any atom is -0.475 e. The monoisotopic (exact) mass is 440 g/mol. The predicted molar refractivity (Wildman–Crippen MR) is 106 cm³/mol. The summed E-state index contributed by atoms with van der Waals surface area (Å²) in [6.45, 7) is 3.16. The van der Waals surface area contributed by atoms with Gasteiger partial charge in [0, 0.05) is 22.9 Å². The Balaban J connectivity index is 0.000000318. The Morgan fingerprint density at radius 3 is 2.37 bits per heavy atom. The quantitative estimate of drug-likeness (QED) is 0.620. The molecule has 1 fully saturated rings. The van der Waals surface area contributed by atoms with Gasteiger partial charge in [0.15, 0.2) is 0 Å². The first kappa shape index (κ1) is 22.0. The zero-order valence-corrected chi connectivity index (χ0v) is 16.6. The zero-order chi connectivity index (χ0) is 21.7. The normalized spacial score (nSPS) is 15.6. The molecule has 0 atom stereocenters. The lowest BCUT2D eigenvalue weighted by Gasteiger charge is -2.31. The van der Waals surface area contributed by atoms with Crippen molar-refractivity contribution >= 4 is 28.3 Å². The van der Waals surface area contributed by atoms with Gasteiger partial charge in [-0.1, -0.05) is 41.9 Å². The fourth-order valence-electron chi connectivity index (χ4n) is 3.50. The maximum Gasteiger partial charge on any atom is 0.490 e. The van der Waals surface area contributed by atoms with Gasteiger partial charge in [0.05, 0.1) is 11.9 Å². The molecule has 10 heteroatoms. The molecular formula is C20H20ClF3N4O2. The van der Waals surface area contributed by atoms with E-state index in [0.717, 1.165) is 48.6 Å². The van der Waals surface area contributed by atoms with E-state index in [0.29, 0.717) is 5.92 Å². The van der Waals surface area contributed by atoms with Gasteiger partial charge in [-0.25, -0.2) is 4.79 Å². The summed E-state index contributed by atoms with van der Waals surface area (Å²) in [6, 6.07) is 12.6. The van der Waals surface area contributed by atoms with Crippen LogP contribution in [0, 0.1) is 0 Å². The smallest absolute Gasteiger partial charge is 0.475 e. The molecular weight excluding hydrogens is 421 g/mol. The number of alkyl halides is 3. The number of carbonyl (C=O) groups is 1. The van der Waals surface area contributed by atoms with Crippen molar-refractivity contribution in [3.05, 3.63) is 58.9 Å². The highest BCUT2D eigenvalue weighted by Gasteiger charge is 2.38. The van der Waals surface area contributed by atoms with Crippen LogP contribution in [0.5, 0.6) is 0 Å². The molecule has 2 aromatic carbocycles. The number of rotatable bonds is 3. The first-order valence-corrected chi connectivity index (χ1v) is 9.67. The number of hydrogen-bond acceptors (Lipinski definition) is 4. The highest BCUT2D eigenvalue weighted by atomic mass is 35.5. The molecule has 1 aliphatic rings. The summed E-state index contributed by atoms with van der Waals surface area (Å²) in [6.07, 6.45) is -0.955. The van der Waals surface area contributed by atoms with Crippen LogP contribution in [0.4, 0.5) is 13.2 Å². The van der Waals surface area contributed by atoms with E-state index >= 15 is 0 Å². The van der Waals surface area contributed by atoms with Gasteiger partial charge in [-0.3, -0.25) is 4.90 Å². The number of H-pyrrole nitrogens is 1. The van der Waals surface area contributed by atoms with Gasteiger partial charge in [0.25, 0.3) is 0 Å². The average Bonchev–Trinajstić information content (AvgIpc) is 3.25. The number of nitrogens with one attached hydrogen (secondary N) is 1. The second-order valence-corrected chi connectivity index (χ2v) is 7.41. The predicted octanol–water partition coefficient (Wildman–Crippen LogP) is 4.62. The van der Waals surface area contributed by atoms with Gasteiger partial charge >= 0.3 is 12.1 Å². The minimum absolute atomic E-state index is 0.534. The fourth-order valence-corrected chi connectivity index (χ4v) is 3.73. The Bertz CT molecular complexity index is 987. The van der Waals surface area contributed by atoms with E-state index in [1.54, 1.807) is 0 Å². The maximum atomic E-state index is 10.6. The Morgan fingerprint density at radius 1 is 1.17 bits per heavy atom. The summed E-state index contributed by atoms with van der Waals surface area (Å²) < 4.78 is 31.7. The molecule has 0 spiro atoms. The van der Waals surface area contributed by atoms with Crippen molar-refractivity contribution in [3.8, 4) is 0 Å². The van der Waals surface area contributed by atoms with Crippen molar-refractivity contribution in [2.45, 2.75) is 31.5 Å². The number of halogens is 4. The van der Waals surface area contributed by atoms with Crippen LogP contribution in [0.25, 0.3) is 10.8 Å². The SMILES string of the molecule is Clc1ccc(CN2CCC(c3cn[nH]n3)CC2)c2ccccc12.O=C(O)C(F)(F)F. The molecule has 1 aliphatic heterocycles. The van der Waals surface area contributed by atoms with Gasteiger partial charge in [-0.2, -0.15) is 28.6 Å². The van der Waals surface area contributed by atoms with E-state index in [-0.39, 0.29) is 0 Å². The maximum absolute atomic E-state index is 10.6. The van der Waals surface area contributed by atoms with Crippen LogP contribution in [0.15, 0.2) is 42.6 Å². The first-order valence-electron chi connectivity index (χ1n) is 9.30. The van der Waals surface area contributed by atoms with Crippen LogP contribution < -0.4 is 0 Å². The minimum atomic E-state index is -5.08. The average molecular weight is 441 g/mol. The van der Waals surface area contributed by atoms with Crippen molar-refractivity contribution in [2.24, 2.45) is 0 Å². The van der Waals surface area contributed by atoms with Crippen LogP contribution in [0.2, 0.25) is 5.02 Å². The summed E-state index contributed by atoms with van der Waals surface area (Å²) in [5, 5.41) is 21.2. The van der Waals surface area contributed by atoms with Crippen molar-refractivity contribution < 1.29 is 23.1 Å². The lowest BCUT2D eigenvalue weighted by atomic mass is 9.93. The topological polar surface area (TPSA) is 82.1 Å². The number of carboxylic acid groups (broad SMARTS) is 1. The third-order valence-electron chi connectivity index (χ3n) is 5.04. The number of aliphatic carboxylic acids is 1. The van der Waals surface area contributed by atoms with E-state index in [1.165, 1.54) is 10.9 Å². The lowest BCUT2D eigenvalue weighted by Crippen LogP contribution is -2.32. The number of hydrogen-bond donors (Lipinski definition) is 2. The standard InChI is InChI=1S/C18H19ClN4.C2HF3O2/c19-17-6-5-14(15-3-1-2-4-16(15)17)12-23-9-7-13(8-10-23)18-11-20-22-21-18;3-2(4,5)1(6)7/h1-6,11,13H,7-10,12H2,(H,20,21,22);(H,6,7). The number of benzene rings is 2. The summed E-state index contributed by atoms with van der Waals surface area (Å²) >= 11 is 6.32. The lowest BCUT2D eigenvalue weighted by molar-refractivity contribution is -0.192. The molecule has 2 N–H and O–H groups in total. The van der Waals surface area contributed by atoms with Crippen LogP contribution >= 0.6 is 11.6 Å². The van der Waals surface area contributed by atoms with Gasteiger partial charge in [0.1, 0.15) is 0 Å². The number of aromatic amines is 1. The van der Waals surface area contributed by atoms with Crippen LogP contribution in [-0.4, -0.2) is 50.7 Å². The van der Waals surface area contributed by atoms with E-state index in [9.17, 15) is 13.2 Å². The van der Waals surface area contributed by atoms with Crippen LogP contribution in [0.1, 0.15) is 30.0 Å². The highest BCUT2D eigenvalue weighted by molar-refractivity contribution is 6.35. The molecule has 0 bridgehead atoms. The number of nitrogens with zero attached hydrogens (tertiary/aromatic N) is 3. The van der Waals surface area contributed by atoms with E-state index < -0.39 is 12.1 Å². The Kier molecular flexibility index (Phi) is 6.94. The molecule has 1 aromatic heterocycles. The highest BCUT2D eigenvalue weighted by Crippen LogP contribution is 2.30. The molecule has 0 saturated carbocycles. The third kappa shape index (κ3) is 5.48. The van der Waals surface area contributed by atoms with Gasteiger partial charge < -0.3 is 5.11 Å². The molecule has 0 radical (unpaired) electrons. The molecule has 0 aliphatic carbocycles. The van der Waals surface area contributed by atoms with Crippen molar-refractivity contribution in [2.75, 3.05) is 13.1 Å². The van der Waals surface area contributed by atoms with Crippen molar-refractivity contribution in [3.63, 3.8) is 0 Å². The molecule has 0 amide bonds. The molecule has 4 rings (SSSR count). The second kappa shape index (κ2) is 9.44. The Hall–Kier alpha value is -2.65. The van der Waals surface area contributed by atoms with Crippen molar-refractivity contribution in [1.82, 2.24) is 20.3 Å². The molecule has 30 heavy (non-hydrogen) atoms. The number of fused-ring (bicyclic) bond motifs is 1. The number of piperidine rings is 1. The Labute approximate surface area is 175 Å². The number of carboxylic acids is 1. The largest absolute Gasteiger partial charge is 0.490 e. The molecule has 160 valence electrons. The van der Waals surface area contributed by atoms with Gasteiger partial charge in [-0.05, 0) is 42.9 Å². The van der Waals surface area contributed by atoms with Crippen LogP contribution in [0.3, 0.4) is 0 Å². The summed E-state index contributed by atoms with van der Waals surface area (Å²) in [5.41, 5.74) is 2.45. The Morgan fingerprint density at radius 2 is 1.80 bits per heavy atom. The summed E-state index contributed by atoms with van der Waals surface area (Å²) in [7, 11) is 0. The van der Waals surface area contributed by atoms with Crippen LogP contribution in [-0.2, 0) is 11.3 Å². The number of aromatic nitrogens is 3. The van der Waals surface area contributed by atoms with E-state index in [4.69, 9.17) is 21.5 Å². The fraction of sp³-hybridized carbons (Fsp3) is 0.350. The molecule has 0 unspecified atom stereocenters. The molecule has 1 saturated heterocycles. The number of likely N-dealkylation sites (tertiary alicyclic amines) is 1. The molecule has 3 aromatic rings. The molecule has 6 nitrogen and oxygen atoms in total. The van der Waals surface area contributed by atoms with Gasteiger partial charge in [0.2, 0.25) is 0 Å². The first-order chi connectivity index (χ1) is 14.3. The zero-order valence-electron chi connectivity index (χ0n) is 15.9. The summed E-state index contributed by atoms with van der Waals surface area (Å²) in [5.74, 6) is -2.22. The summed E-state index contributed by atoms with van der Waals surface area (Å²) in [4.78, 5) is 11.4. The molecule has 2 heterocycles. The third-order valence-corrected chi connectivity index (χ3v) is 5.37. The van der Waals surface area contributed by atoms with E-state index in [1.807, 2.05) is 18.3 Å². The second-order valence-electron chi connectivity index (χ2n) is 7.00. The van der Waals surface area contributed by atoms with Crippen molar-refractivity contribution in [1.29, 1.82) is 0 Å². The van der Waals surface area contributed by atoms with E-state index in [2.05, 4.69) is 44.6 Å².